The van der Waals surface area contributed by atoms with Gasteiger partial charge in [-0.3, -0.25) is 4.79 Å². The summed E-state index contributed by atoms with van der Waals surface area (Å²) in [7, 11) is 0. The molecule has 2 aliphatic rings. The fraction of sp³-hybridized carbons (Fsp3) is 0.611. The predicted molar refractivity (Wildman–Crippen MR) is 85.0 cm³/mol. The number of hydrogen-bond donors (Lipinski definition) is 0. The van der Waals surface area contributed by atoms with Crippen LogP contribution >= 0.6 is 0 Å². The van der Waals surface area contributed by atoms with Crippen LogP contribution in [-0.4, -0.2) is 25.2 Å². The van der Waals surface area contributed by atoms with Crippen LogP contribution in [0.15, 0.2) is 24.3 Å². The van der Waals surface area contributed by atoms with Crippen molar-refractivity contribution in [2.75, 3.05) is 18.1 Å². The lowest BCUT2D eigenvalue weighted by molar-refractivity contribution is -0.153. The molecule has 1 saturated heterocycles. The van der Waals surface area contributed by atoms with Crippen molar-refractivity contribution in [3.05, 3.63) is 24.3 Å². The molecule has 3 nitrogen and oxygen atoms in total. The van der Waals surface area contributed by atoms with Crippen molar-refractivity contribution >= 4 is 11.6 Å². The number of amides is 1. The van der Waals surface area contributed by atoms with Crippen LogP contribution in [0.25, 0.3) is 0 Å². The van der Waals surface area contributed by atoms with E-state index in [0.717, 1.165) is 37.8 Å². The normalized spacial score (nSPS) is 27.8. The molecule has 132 valence electrons. The molecule has 1 saturated carbocycles. The molecule has 0 atom stereocenters. The maximum absolute atomic E-state index is 12.9. The summed E-state index contributed by atoms with van der Waals surface area (Å²) < 4.78 is 41.2. The van der Waals surface area contributed by atoms with E-state index >= 15 is 0 Å². The first-order valence-corrected chi connectivity index (χ1v) is 8.41. The van der Waals surface area contributed by atoms with Crippen LogP contribution in [0, 0.1) is 11.3 Å². The van der Waals surface area contributed by atoms with Gasteiger partial charge in [-0.2, -0.15) is 13.2 Å². The molecule has 6 heteroatoms. The highest BCUT2D eigenvalue weighted by molar-refractivity contribution is 6.00. The van der Waals surface area contributed by atoms with E-state index in [9.17, 15) is 18.0 Å². The van der Waals surface area contributed by atoms with Gasteiger partial charge in [0.25, 0.3) is 0 Å². The van der Waals surface area contributed by atoms with Gasteiger partial charge < -0.3 is 9.64 Å². The summed E-state index contributed by atoms with van der Waals surface area (Å²) in [6.45, 7) is 1.59. The number of ether oxygens (including phenoxy) is 1. The maximum atomic E-state index is 12.9. The lowest BCUT2D eigenvalue weighted by Gasteiger charge is -2.34. The zero-order valence-electron chi connectivity index (χ0n) is 13.7. The van der Waals surface area contributed by atoms with Crippen molar-refractivity contribution in [3.63, 3.8) is 0 Å². The number of carbonyl (C=O) groups is 1. The quantitative estimate of drug-likeness (QED) is 0.806. The lowest BCUT2D eigenvalue weighted by atomic mass is 9.70. The minimum Gasteiger partial charge on any atom is -0.484 e. The standard InChI is InChI=1S/C18H22F3NO2/c1-13-6-8-17(9-7-13)10-11-22(16(17)23)14-2-4-15(5-3-14)24-12-18(19,20)21/h2-5,13H,6-12H2,1H3. The van der Waals surface area contributed by atoms with E-state index in [1.54, 1.807) is 17.0 Å². The fourth-order valence-electron chi connectivity index (χ4n) is 3.73. The van der Waals surface area contributed by atoms with Gasteiger partial charge in [0.1, 0.15) is 5.75 Å². The van der Waals surface area contributed by atoms with Crippen LogP contribution in [0.1, 0.15) is 39.0 Å². The molecule has 1 aliphatic carbocycles. The first-order chi connectivity index (χ1) is 11.3. The monoisotopic (exact) mass is 341 g/mol. The van der Waals surface area contributed by atoms with Crippen molar-refractivity contribution in [2.45, 2.75) is 45.2 Å². The highest BCUT2D eigenvalue weighted by Crippen LogP contribution is 2.47. The molecule has 2 fully saturated rings. The Hall–Kier alpha value is -1.72. The molecular formula is C18H22F3NO2. The summed E-state index contributed by atoms with van der Waals surface area (Å²) in [5, 5.41) is 0. The zero-order chi connectivity index (χ0) is 17.4. The van der Waals surface area contributed by atoms with Gasteiger partial charge in [-0.1, -0.05) is 6.92 Å². The van der Waals surface area contributed by atoms with E-state index in [2.05, 4.69) is 6.92 Å². The first-order valence-electron chi connectivity index (χ1n) is 8.41. The molecule has 1 heterocycles. The van der Waals surface area contributed by atoms with Gasteiger partial charge in [0.05, 0.1) is 5.41 Å². The van der Waals surface area contributed by atoms with Gasteiger partial charge in [-0.05, 0) is 62.3 Å². The van der Waals surface area contributed by atoms with Crippen molar-refractivity contribution in [2.24, 2.45) is 11.3 Å². The van der Waals surface area contributed by atoms with Gasteiger partial charge in [0.2, 0.25) is 5.91 Å². The summed E-state index contributed by atoms with van der Waals surface area (Å²) in [4.78, 5) is 14.6. The average molecular weight is 341 g/mol. The first kappa shape index (κ1) is 17.1. The number of benzene rings is 1. The second kappa shape index (κ2) is 6.30. The summed E-state index contributed by atoms with van der Waals surface area (Å²) in [5.74, 6) is 1.00. The van der Waals surface area contributed by atoms with E-state index in [1.165, 1.54) is 12.1 Å². The number of anilines is 1. The van der Waals surface area contributed by atoms with Gasteiger partial charge in [0, 0.05) is 12.2 Å². The lowest BCUT2D eigenvalue weighted by Crippen LogP contribution is -2.37. The SMILES string of the molecule is CC1CCC2(CC1)CCN(c1ccc(OCC(F)(F)F)cc1)C2=O. The van der Waals surface area contributed by atoms with Crippen molar-refractivity contribution in [3.8, 4) is 5.75 Å². The third-order valence-corrected chi connectivity index (χ3v) is 5.30. The second-order valence-electron chi connectivity index (χ2n) is 7.07. The Labute approximate surface area is 139 Å². The number of carbonyl (C=O) groups excluding carboxylic acids is 1. The molecule has 0 radical (unpaired) electrons. The number of alkyl halides is 3. The molecule has 1 aromatic carbocycles. The number of hydrogen-bond acceptors (Lipinski definition) is 2. The Bertz CT molecular complexity index is 589. The molecule has 24 heavy (non-hydrogen) atoms. The smallest absolute Gasteiger partial charge is 0.422 e. The molecule has 0 unspecified atom stereocenters. The Morgan fingerprint density at radius 1 is 1.17 bits per heavy atom. The molecular weight excluding hydrogens is 319 g/mol. The van der Waals surface area contributed by atoms with Crippen LogP contribution in [0.4, 0.5) is 18.9 Å². The summed E-state index contributed by atoms with van der Waals surface area (Å²) in [6.07, 6.45) is 0.569. The average Bonchev–Trinajstić information content (AvgIpc) is 2.85. The number of rotatable bonds is 3. The highest BCUT2D eigenvalue weighted by atomic mass is 19.4. The summed E-state index contributed by atoms with van der Waals surface area (Å²) in [6, 6.07) is 6.30. The van der Waals surface area contributed by atoms with E-state index in [0.29, 0.717) is 12.5 Å². The molecule has 0 N–H and O–H groups in total. The third-order valence-electron chi connectivity index (χ3n) is 5.30. The molecule has 1 amide bonds. The van der Waals surface area contributed by atoms with Gasteiger partial charge in [-0.15, -0.1) is 0 Å². The van der Waals surface area contributed by atoms with Crippen molar-refractivity contribution < 1.29 is 22.7 Å². The minimum atomic E-state index is -4.35. The van der Waals surface area contributed by atoms with E-state index in [4.69, 9.17) is 4.74 Å². The Balaban J connectivity index is 1.66. The van der Waals surface area contributed by atoms with Crippen molar-refractivity contribution in [1.82, 2.24) is 0 Å². The molecule has 3 rings (SSSR count). The van der Waals surface area contributed by atoms with Gasteiger partial charge >= 0.3 is 6.18 Å². The molecule has 0 aromatic heterocycles. The van der Waals surface area contributed by atoms with Crippen LogP contribution in [0.3, 0.4) is 0 Å². The summed E-state index contributed by atoms with van der Waals surface area (Å²) in [5.41, 5.74) is 0.507. The Morgan fingerprint density at radius 2 is 1.79 bits per heavy atom. The third kappa shape index (κ3) is 3.52. The zero-order valence-corrected chi connectivity index (χ0v) is 13.7. The Kier molecular flexibility index (Phi) is 4.49. The van der Waals surface area contributed by atoms with Gasteiger partial charge in [-0.25, -0.2) is 0 Å². The number of halogens is 3. The van der Waals surface area contributed by atoms with Gasteiger partial charge in [0.15, 0.2) is 6.61 Å². The van der Waals surface area contributed by atoms with E-state index in [-0.39, 0.29) is 17.1 Å². The fourth-order valence-corrected chi connectivity index (χ4v) is 3.73. The van der Waals surface area contributed by atoms with Crippen LogP contribution in [-0.2, 0) is 4.79 Å². The minimum absolute atomic E-state index is 0.156. The molecule has 1 spiro atoms. The van der Waals surface area contributed by atoms with Crippen LogP contribution < -0.4 is 9.64 Å². The molecule has 0 bridgehead atoms. The number of nitrogens with zero attached hydrogens (tertiary/aromatic N) is 1. The maximum Gasteiger partial charge on any atom is 0.422 e. The van der Waals surface area contributed by atoms with Crippen LogP contribution in [0.5, 0.6) is 5.75 Å². The highest BCUT2D eigenvalue weighted by Gasteiger charge is 2.48. The second-order valence-corrected chi connectivity index (χ2v) is 7.07. The van der Waals surface area contributed by atoms with Crippen molar-refractivity contribution in [1.29, 1.82) is 0 Å². The van der Waals surface area contributed by atoms with E-state index in [1.807, 2.05) is 0 Å². The summed E-state index contributed by atoms with van der Waals surface area (Å²) >= 11 is 0. The topological polar surface area (TPSA) is 29.5 Å². The Morgan fingerprint density at radius 3 is 2.38 bits per heavy atom. The largest absolute Gasteiger partial charge is 0.484 e. The molecule has 1 aliphatic heterocycles. The van der Waals surface area contributed by atoms with E-state index < -0.39 is 12.8 Å². The van der Waals surface area contributed by atoms with Crippen LogP contribution in [0.2, 0.25) is 0 Å². The predicted octanol–water partition coefficient (Wildman–Crippen LogP) is 4.56. The molecule has 1 aromatic rings.